The van der Waals surface area contributed by atoms with Gasteiger partial charge in [-0.25, -0.2) is 4.98 Å². The highest BCUT2D eigenvalue weighted by Gasteiger charge is 2.34. The van der Waals surface area contributed by atoms with Crippen molar-refractivity contribution in [3.8, 4) is 0 Å². The number of rotatable bonds is 2. The van der Waals surface area contributed by atoms with Crippen LogP contribution in [-0.4, -0.2) is 40.0 Å². The van der Waals surface area contributed by atoms with Crippen molar-refractivity contribution in [3.05, 3.63) is 36.3 Å². The quantitative estimate of drug-likeness (QED) is 0.884. The van der Waals surface area contributed by atoms with Gasteiger partial charge in [-0.15, -0.1) is 0 Å². The predicted molar refractivity (Wildman–Crippen MR) is 75.0 cm³/mol. The SMILES string of the molecule is c1ccn2cc(CN3C[C@@H]4CCCN[C@@H]4C3)nc2c1. The van der Waals surface area contributed by atoms with Crippen molar-refractivity contribution in [2.45, 2.75) is 25.4 Å². The smallest absolute Gasteiger partial charge is 0.137 e. The van der Waals surface area contributed by atoms with Gasteiger partial charge in [-0.1, -0.05) is 6.07 Å². The minimum Gasteiger partial charge on any atom is -0.312 e. The van der Waals surface area contributed by atoms with E-state index in [1.807, 2.05) is 12.1 Å². The van der Waals surface area contributed by atoms with E-state index >= 15 is 0 Å². The fourth-order valence-corrected chi connectivity index (χ4v) is 3.56. The molecule has 0 aliphatic carbocycles. The van der Waals surface area contributed by atoms with E-state index in [4.69, 9.17) is 4.98 Å². The highest BCUT2D eigenvalue weighted by molar-refractivity contribution is 5.39. The first-order valence-corrected chi connectivity index (χ1v) is 7.27. The molecule has 0 amide bonds. The molecule has 0 bridgehead atoms. The highest BCUT2D eigenvalue weighted by atomic mass is 15.2. The van der Waals surface area contributed by atoms with E-state index in [1.54, 1.807) is 0 Å². The number of pyridine rings is 1. The summed E-state index contributed by atoms with van der Waals surface area (Å²) in [5.74, 6) is 0.853. The van der Waals surface area contributed by atoms with Gasteiger partial charge in [-0.05, 0) is 37.4 Å². The molecule has 2 atom stereocenters. The monoisotopic (exact) mass is 256 g/mol. The van der Waals surface area contributed by atoms with Crippen molar-refractivity contribution < 1.29 is 0 Å². The molecule has 4 rings (SSSR count). The highest BCUT2D eigenvalue weighted by Crippen LogP contribution is 2.25. The minimum absolute atomic E-state index is 0.714. The van der Waals surface area contributed by atoms with Crippen molar-refractivity contribution in [3.63, 3.8) is 0 Å². The van der Waals surface area contributed by atoms with Crippen LogP contribution in [-0.2, 0) is 6.54 Å². The molecule has 4 nitrogen and oxygen atoms in total. The molecule has 100 valence electrons. The van der Waals surface area contributed by atoms with E-state index in [2.05, 4.69) is 33.1 Å². The fourth-order valence-electron chi connectivity index (χ4n) is 3.56. The summed E-state index contributed by atoms with van der Waals surface area (Å²) < 4.78 is 2.11. The van der Waals surface area contributed by atoms with Crippen molar-refractivity contribution in [1.29, 1.82) is 0 Å². The molecule has 0 unspecified atom stereocenters. The lowest BCUT2D eigenvalue weighted by molar-refractivity contribution is 0.310. The standard InChI is InChI=1S/C15H20N4/c1-2-7-19-10-13(17-15(19)5-1)9-18-8-12-4-3-6-16-14(12)11-18/h1-2,5,7,10,12,14,16H,3-4,6,8-9,11H2/t12-,14+/m0/s1. The Morgan fingerprint density at radius 2 is 2.32 bits per heavy atom. The van der Waals surface area contributed by atoms with Crippen LogP contribution in [0.2, 0.25) is 0 Å². The van der Waals surface area contributed by atoms with Crippen molar-refractivity contribution in [1.82, 2.24) is 19.6 Å². The molecule has 2 aromatic heterocycles. The van der Waals surface area contributed by atoms with Crippen LogP contribution in [0.1, 0.15) is 18.5 Å². The van der Waals surface area contributed by atoms with Gasteiger partial charge in [0.05, 0.1) is 5.69 Å². The third kappa shape index (κ3) is 2.15. The van der Waals surface area contributed by atoms with Gasteiger partial charge in [-0.3, -0.25) is 4.90 Å². The molecule has 4 heterocycles. The molecule has 2 aliphatic rings. The molecule has 0 aromatic carbocycles. The molecule has 2 saturated heterocycles. The number of piperidine rings is 1. The Kier molecular flexibility index (Phi) is 2.78. The number of hydrogen-bond donors (Lipinski definition) is 1. The Bertz CT molecular complexity index is 529. The summed E-state index contributed by atoms with van der Waals surface area (Å²) in [5, 5.41) is 3.66. The number of imidazole rings is 1. The molecule has 19 heavy (non-hydrogen) atoms. The molecule has 0 radical (unpaired) electrons. The van der Waals surface area contributed by atoms with Gasteiger partial charge >= 0.3 is 0 Å². The largest absolute Gasteiger partial charge is 0.312 e. The molecule has 2 fully saturated rings. The third-order valence-corrected chi connectivity index (χ3v) is 4.47. The predicted octanol–water partition coefficient (Wildman–Crippen LogP) is 1.52. The van der Waals surface area contributed by atoms with E-state index in [1.165, 1.54) is 38.2 Å². The first-order chi connectivity index (χ1) is 9.38. The zero-order valence-corrected chi connectivity index (χ0v) is 11.1. The van der Waals surface area contributed by atoms with Crippen LogP contribution in [0.15, 0.2) is 30.6 Å². The molecule has 2 aliphatic heterocycles. The van der Waals surface area contributed by atoms with E-state index < -0.39 is 0 Å². The Morgan fingerprint density at radius 3 is 3.21 bits per heavy atom. The molecular formula is C15H20N4. The summed E-state index contributed by atoms with van der Waals surface area (Å²) in [5.41, 5.74) is 2.23. The third-order valence-electron chi connectivity index (χ3n) is 4.47. The topological polar surface area (TPSA) is 32.6 Å². The van der Waals surface area contributed by atoms with Crippen LogP contribution in [0.5, 0.6) is 0 Å². The van der Waals surface area contributed by atoms with Crippen molar-refractivity contribution in [2.75, 3.05) is 19.6 Å². The fraction of sp³-hybridized carbons (Fsp3) is 0.533. The second-order valence-electron chi connectivity index (χ2n) is 5.86. The van der Waals surface area contributed by atoms with Crippen LogP contribution < -0.4 is 5.32 Å². The number of fused-ring (bicyclic) bond motifs is 2. The first kappa shape index (κ1) is 11.4. The van der Waals surface area contributed by atoms with E-state index in [9.17, 15) is 0 Å². The van der Waals surface area contributed by atoms with Crippen LogP contribution in [0, 0.1) is 5.92 Å². The van der Waals surface area contributed by atoms with Gasteiger partial charge in [0.2, 0.25) is 0 Å². The average molecular weight is 256 g/mol. The molecule has 1 N–H and O–H groups in total. The Balaban J connectivity index is 1.49. The van der Waals surface area contributed by atoms with Gasteiger partial charge in [0, 0.05) is 38.1 Å². The minimum atomic E-state index is 0.714. The van der Waals surface area contributed by atoms with Crippen molar-refractivity contribution >= 4 is 5.65 Å². The average Bonchev–Trinajstić information content (AvgIpc) is 3.00. The molecule has 0 saturated carbocycles. The summed E-state index contributed by atoms with van der Waals surface area (Å²) in [6, 6.07) is 6.87. The van der Waals surface area contributed by atoms with Gasteiger partial charge < -0.3 is 9.72 Å². The first-order valence-electron chi connectivity index (χ1n) is 7.27. The number of likely N-dealkylation sites (tertiary alicyclic amines) is 1. The molecule has 4 heteroatoms. The normalized spacial score (nSPS) is 27.8. The van der Waals surface area contributed by atoms with Crippen LogP contribution in [0.3, 0.4) is 0 Å². The zero-order chi connectivity index (χ0) is 12.7. The summed E-state index contributed by atoms with van der Waals surface area (Å²) in [7, 11) is 0. The Labute approximate surface area is 113 Å². The van der Waals surface area contributed by atoms with E-state index in [0.29, 0.717) is 6.04 Å². The maximum Gasteiger partial charge on any atom is 0.137 e. The maximum atomic E-state index is 4.69. The molecular weight excluding hydrogens is 236 g/mol. The van der Waals surface area contributed by atoms with E-state index in [-0.39, 0.29) is 0 Å². The summed E-state index contributed by atoms with van der Waals surface area (Å²) >= 11 is 0. The zero-order valence-electron chi connectivity index (χ0n) is 11.1. The summed E-state index contributed by atoms with van der Waals surface area (Å²) in [4.78, 5) is 7.25. The Morgan fingerprint density at radius 1 is 1.32 bits per heavy atom. The van der Waals surface area contributed by atoms with Gasteiger partial charge in [-0.2, -0.15) is 0 Å². The van der Waals surface area contributed by atoms with Crippen LogP contribution in [0.4, 0.5) is 0 Å². The van der Waals surface area contributed by atoms with E-state index in [0.717, 1.165) is 18.1 Å². The lowest BCUT2D eigenvalue weighted by Crippen LogP contribution is -2.40. The lowest BCUT2D eigenvalue weighted by Gasteiger charge is -2.24. The second-order valence-corrected chi connectivity index (χ2v) is 5.86. The molecule has 2 aromatic rings. The second kappa shape index (κ2) is 4.62. The number of hydrogen-bond acceptors (Lipinski definition) is 3. The maximum absolute atomic E-state index is 4.69. The van der Waals surface area contributed by atoms with Gasteiger partial charge in [0.1, 0.15) is 5.65 Å². The van der Waals surface area contributed by atoms with Gasteiger partial charge in [0.15, 0.2) is 0 Å². The Hall–Kier alpha value is -1.39. The number of aromatic nitrogens is 2. The van der Waals surface area contributed by atoms with Crippen molar-refractivity contribution in [2.24, 2.45) is 5.92 Å². The van der Waals surface area contributed by atoms with Gasteiger partial charge in [0.25, 0.3) is 0 Å². The van der Waals surface area contributed by atoms with Crippen LogP contribution >= 0.6 is 0 Å². The summed E-state index contributed by atoms with van der Waals surface area (Å²) in [6.45, 7) is 4.59. The number of nitrogens with one attached hydrogen (secondary N) is 1. The number of nitrogens with zero attached hydrogens (tertiary/aromatic N) is 3. The lowest BCUT2D eigenvalue weighted by atomic mass is 9.94. The van der Waals surface area contributed by atoms with Crippen LogP contribution in [0.25, 0.3) is 5.65 Å². The molecule has 0 spiro atoms. The summed E-state index contributed by atoms with van der Waals surface area (Å²) in [6.07, 6.45) is 6.95.